The maximum absolute atomic E-state index is 11.3. The second-order valence-electron chi connectivity index (χ2n) is 3.71. The molecule has 3 amide bonds. The number of carbonyl (C=O) groups excluding carboxylic acids is 2. The van der Waals surface area contributed by atoms with E-state index in [1.165, 1.54) is 13.8 Å². The average molecular weight is 231 g/mol. The molecule has 0 aliphatic carbocycles. The minimum atomic E-state index is -1.36. The largest absolute Gasteiger partial charge is 0.480 e. The molecule has 0 heterocycles. The lowest BCUT2D eigenvalue weighted by Crippen LogP contribution is -2.57. The van der Waals surface area contributed by atoms with E-state index in [0.717, 1.165) is 0 Å². The van der Waals surface area contributed by atoms with Gasteiger partial charge in [-0.1, -0.05) is 6.92 Å². The summed E-state index contributed by atoms with van der Waals surface area (Å²) in [4.78, 5) is 32.9. The highest BCUT2D eigenvalue weighted by molar-refractivity contribution is 5.89. The van der Waals surface area contributed by atoms with Gasteiger partial charge in [0.2, 0.25) is 5.91 Å². The molecule has 0 rings (SSSR count). The van der Waals surface area contributed by atoms with Crippen LogP contribution in [-0.4, -0.2) is 34.6 Å². The zero-order valence-corrected chi connectivity index (χ0v) is 9.53. The third kappa shape index (κ3) is 3.76. The van der Waals surface area contributed by atoms with E-state index in [1.54, 1.807) is 6.92 Å². The Labute approximate surface area is 93.4 Å². The molecule has 0 aromatic carbocycles. The van der Waals surface area contributed by atoms with Gasteiger partial charge in [0.15, 0.2) is 0 Å². The van der Waals surface area contributed by atoms with Crippen molar-refractivity contribution in [3.05, 3.63) is 0 Å². The van der Waals surface area contributed by atoms with Gasteiger partial charge in [0.1, 0.15) is 11.6 Å². The lowest BCUT2D eigenvalue weighted by atomic mass is 10.00. The summed E-state index contributed by atoms with van der Waals surface area (Å²) in [6.07, 6.45) is 0.223. The summed E-state index contributed by atoms with van der Waals surface area (Å²) in [5.41, 5.74) is 3.58. The van der Waals surface area contributed by atoms with Crippen molar-refractivity contribution in [2.75, 3.05) is 0 Å². The van der Waals surface area contributed by atoms with E-state index in [9.17, 15) is 14.4 Å². The standard InChI is InChI=1S/C9H17N3O4/c1-4-9(3,7(14)15)12-8(16)11-5(2)6(10)13/h5H,4H2,1-3H3,(H2,10,13)(H,14,15)(H2,11,12,16). The van der Waals surface area contributed by atoms with E-state index in [0.29, 0.717) is 0 Å². The topological polar surface area (TPSA) is 122 Å². The average Bonchev–Trinajstić information content (AvgIpc) is 2.16. The lowest BCUT2D eigenvalue weighted by molar-refractivity contribution is -0.143. The van der Waals surface area contributed by atoms with E-state index in [4.69, 9.17) is 10.8 Å². The summed E-state index contributed by atoms with van der Waals surface area (Å²) in [5.74, 6) is -1.83. The SMILES string of the molecule is CCC(C)(NC(=O)NC(C)C(N)=O)C(=O)O. The van der Waals surface area contributed by atoms with Crippen molar-refractivity contribution < 1.29 is 19.5 Å². The van der Waals surface area contributed by atoms with Crippen molar-refractivity contribution in [2.45, 2.75) is 38.8 Å². The molecule has 2 unspecified atom stereocenters. The van der Waals surface area contributed by atoms with Crippen LogP contribution < -0.4 is 16.4 Å². The van der Waals surface area contributed by atoms with Gasteiger partial charge in [-0.2, -0.15) is 0 Å². The first-order chi connectivity index (χ1) is 7.23. The smallest absolute Gasteiger partial charge is 0.329 e. The highest BCUT2D eigenvalue weighted by Crippen LogP contribution is 2.08. The summed E-state index contributed by atoms with van der Waals surface area (Å²) in [5, 5.41) is 13.4. The van der Waals surface area contributed by atoms with E-state index >= 15 is 0 Å². The Kier molecular flexibility index (Phi) is 4.74. The monoisotopic (exact) mass is 231 g/mol. The molecule has 0 spiro atoms. The maximum atomic E-state index is 11.3. The van der Waals surface area contributed by atoms with Gasteiger partial charge in [-0.25, -0.2) is 9.59 Å². The molecule has 0 fully saturated rings. The number of carboxylic acid groups (broad SMARTS) is 1. The van der Waals surface area contributed by atoms with Crippen molar-refractivity contribution in [3.63, 3.8) is 0 Å². The molecule has 0 aromatic heterocycles. The van der Waals surface area contributed by atoms with Gasteiger partial charge in [0, 0.05) is 0 Å². The fourth-order valence-electron chi connectivity index (χ4n) is 0.848. The zero-order chi connectivity index (χ0) is 12.9. The summed E-state index contributed by atoms with van der Waals surface area (Å²) >= 11 is 0. The van der Waals surface area contributed by atoms with Crippen LogP contribution in [0.5, 0.6) is 0 Å². The fraction of sp³-hybridized carbons (Fsp3) is 0.667. The van der Waals surface area contributed by atoms with E-state index in [2.05, 4.69) is 10.6 Å². The fourth-order valence-corrected chi connectivity index (χ4v) is 0.848. The predicted molar refractivity (Wildman–Crippen MR) is 56.7 cm³/mol. The van der Waals surface area contributed by atoms with Gasteiger partial charge in [-0.15, -0.1) is 0 Å². The minimum absolute atomic E-state index is 0.223. The highest BCUT2D eigenvalue weighted by atomic mass is 16.4. The quantitative estimate of drug-likeness (QED) is 0.505. The van der Waals surface area contributed by atoms with E-state index in [-0.39, 0.29) is 6.42 Å². The van der Waals surface area contributed by atoms with E-state index < -0.39 is 29.5 Å². The van der Waals surface area contributed by atoms with E-state index in [1.807, 2.05) is 0 Å². The number of amides is 3. The Morgan fingerprint density at radius 2 is 1.94 bits per heavy atom. The van der Waals surface area contributed by atoms with Gasteiger partial charge < -0.3 is 21.5 Å². The lowest BCUT2D eigenvalue weighted by Gasteiger charge is -2.25. The molecule has 92 valence electrons. The van der Waals surface area contributed by atoms with Gasteiger partial charge in [0.05, 0.1) is 0 Å². The molecule has 0 aliphatic rings. The van der Waals surface area contributed by atoms with Crippen molar-refractivity contribution >= 4 is 17.9 Å². The minimum Gasteiger partial charge on any atom is -0.480 e. The number of urea groups is 1. The van der Waals surface area contributed by atoms with Crippen LogP contribution in [0.25, 0.3) is 0 Å². The number of hydrogen-bond donors (Lipinski definition) is 4. The molecule has 16 heavy (non-hydrogen) atoms. The van der Waals surface area contributed by atoms with Crippen LogP contribution >= 0.6 is 0 Å². The normalized spacial score (nSPS) is 15.7. The zero-order valence-electron chi connectivity index (χ0n) is 9.53. The molecule has 0 bridgehead atoms. The first-order valence-electron chi connectivity index (χ1n) is 4.84. The van der Waals surface area contributed by atoms with Crippen molar-refractivity contribution in [3.8, 4) is 0 Å². The Bertz CT molecular complexity index is 305. The maximum Gasteiger partial charge on any atom is 0.329 e. The van der Waals surface area contributed by atoms with Crippen LogP contribution in [0.2, 0.25) is 0 Å². The molecule has 0 aliphatic heterocycles. The Balaban J connectivity index is 4.44. The third-order valence-electron chi connectivity index (χ3n) is 2.34. The van der Waals surface area contributed by atoms with Crippen molar-refractivity contribution in [1.29, 1.82) is 0 Å². The molecule has 7 heteroatoms. The van der Waals surface area contributed by atoms with Gasteiger partial charge >= 0.3 is 12.0 Å². The van der Waals surface area contributed by atoms with Gasteiger partial charge in [-0.05, 0) is 20.3 Å². The van der Waals surface area contributed by atoms with Crippen LogP contribution in [0.1, 0.15) is 27.2 Å². The number of rotatable bonds is 5. The molecular formula is C9H17N3O4. The van der Waals surface area contributed by atoms with Crippen LogP contribution in [0.3, 0.4) is 0 Å². The number of nitrogens with one attached hydrogen (secondary N) is 2. The number of aliphatic carboxylic acids is 1. The Morgan fingerprint density at radius 1 is 1.44 bits per heavy atom. The number of carbonyl (C=O) groups is 3. The molecule has 0 aromatic rings. The second kappa shape index (κ2) is 5.34. The number of hydrogen-bond acceptors (Lipinski definition) is 3. The molecule has 0 saturated carbocycles. The van der Waals surface area contributed by atoms with Gasteiger partial charge in [0.25, 0.3) is 0 Å². The Hall–Kier alpha value is -1.79. The number of primary amides is 1. The van der Waals surface area contributed by atoms with Crippen molar-refractivity contribution in [1.82, 2.24) is 10.6 Å². The predicted octanol–water partition coefficient (Wildman–Crippen LogP) is -0.587. The summed E-state index contributed by atoms with van der Waals surface area (Å²) < 4.78 is 0. The first-order valence-corrected chi connectivity index (χ1v) is 4.84. The number of carboxylic acids is 1. The summed E-state index contributed by atoms with van der Waals surface area (Å²) in [7, 11) is 0. The summed E-state index contributed by atoms with van der Waals surface area (Å²) in [6, 6.07) is -1.59. The molecule has 5 N–H and O–H groups in total. The molecular weight excluding hydrogens is 214 g/mol. The molecule has 2 atom stereocenters. The third-order valence-corrected chi connectivity index (χ3v) is 2.34. The summed E-state index contributed by atoms with van der Waals surface area (Å²) in [6.45, 7) is 4.42. The molecule has 0 saturated heterocycles. The van der Waals surface area contributed by atoms with Crippen LogP contribution in [-0.2, 0) is 9.59 Å². The van der Waals surface area contributed by atoms with Crippen molar-refractivity contribution in [2.24, 2.45) is 5.73 Å². The Morgan fingerprint density at radius 3 is 2.25 bits per heavy atom. The second-order valence-corrected chi connectivity index (χ2v) is 3.71. The highest BCUT2D eigenvalue weighted by Gasteiger charge is 2.33. The number of nitrogens with two attached hydrogens (primary N) is 1. The first kappa shape index (κ1) is 14.2. The van der Waals surface area contributed by atoms with Gasteiger partial charge in [-0.3, -0.25) is 4.79 Å². The van der Waals surface area contributed by atoms with Crippen LogP contribution in [0.4, 0.5) is 4.79 Å². The molecule has 7 nitrogen and oxygen atoms in total. The van der Waals surface area contributed by atoms with Crippen LogP contribution in [0.15, 0.2) is 0 Å². The van der Waals surface area contributed by atoms with Crippen LogP contribution in [0, 0.1) is 0 Å². The molecule has 0 radical (unpaired) electrons.